The molecule has 2 rings (SSSR count). The Kier molecular flexibility index (Phi) is 2.55. The highest BCUT2D eigenvalue weighted by molar-refractivity contribution is 5.61. The Morgan fingerprint density at radius 1 is 1.31 bits per heavy atom. The van der Waals surface area contributed by atoms with Gasteiger partial charge in [0, 0.05) is 6.42 Å². The first-order valence-corrected chi connectivity index (χ1v) is 4.69. The molecule has 1 aromatic carbocycles. The Balaban J connectivity index is 2.58. The first-order valence-electron chi connectivity index (χ1n) is 4.69. The molecule has 0 saturated heterocycles. The number of nitrogen functional groups attached to an aromatic ring is 1. The number of hydrogen-bond donors (Lipinski definition) is 1. The fraction of sp³-hybridized carbons (Fsp3) is 0.200. The minimum Gasteiger partial charge on any atom is -0.420 e. The standard InChI is InChI=1S/C10H9F2N3O/c1-2-7-14-15-10(16-7)8-5(11)3-4-6(13)9(8)12/h3-4H,2,13H2,1H3. The Morgan fingerprint density at radius 2 is 2.06 bits per heavy atom. The van der Waals surface area contributed by atoms with Crippen LogP contribution in [-0.2, 0) is 6.42 Å². The van der Waals surface area contributed by atoms with Gasteiger partial charge in [0.2, 0.25) is 5.89 Å². The van der Waals surface area contributed by atoms with Crippen molar-refractivity contribution in [2.24, 2.45) is 0 Å². The van der Waals surface area contributed by atoms with Crippen LogP contribution in [0.1, 0.15) is 12.8 Å². The normalized spacial score (nSPS) is 10.7. The molecule has 0 bridgehead atoms. The van der Waals surface area contributed by atoms with Crippen LogP contribution >= 0.6 is 0 Å². The third kappa shape index (κ3) is 1.62. The van der Waals surface area contributed by atoms with Crippen molar-refractivity contribution < 1.29 is 13.2 Å². The largest absolute Gasteiger partial charge is 0.420 e. The van der Waals surface area contributed by atoms with Gasteiger partial charge in [0.1, 0.15) is 11.4 Å². The second-order valence-electron chi connectivity index (χ2n) is 3.18. The molecule has 4 nitrogen and oxygen atoms in total. The second-order valence-corrected chi connectivity index (χ2v) is 3.18. The molecule has 0 aliphatic rings. The van der Waals surface area contributed by atoms with E-state index in [1.165, 1.54) is 0 Å². The lowest BCUT2D eigenvalue weighted by molar-refractivity contribution is 0.501. The summed E-state index contributed by atoms with van der Waals surface area (Å²) in [6, 6.07) is 2.20. The average Bonchev–Trinajstić information content (AvgIpc) is 2.73. The fourth-order valence-corrected chi connectivity index (χ4v) is 1.26. The van der Waals surface area contributed by atoms with Gasteiger partial charge >= 0.3 is 0 Å². The van der Waals surface area contributed by atoms with Crippen molar-refractivity contribution in [3.8, 4) is 11.5 Å². The summed E-state index contributed by atoms with van der Waals surface area (Å²) in [4.78, 5) is 0. The monoisotopic (exact) mass is 225 g/mol. The molecule has 84 valence electrons. The smallest absolute Gasteiger partial charge is 0.253 e. The number of aryl methyl sites for hydroxylation is 1. The quantitative estimate of drug-likeness (QED) is 0.795. The second kappa shape index (κ2) is 3.88. The third-order valence-electron chi connectivity index (χ3n) is 2.10. The van der Waals surface area contributed by atoms with Crippen LogP contribution in [0, 0.1) is 11.6 Å². The van der Waals surface area contributed by atoms with Crippen molar-refractivity contribution in [2.75, 3.05) is 5.73 Å². The summed E-state index contributed by atoms with van der Waals surface area (Å²) in [5, 5.41) is 7.20. The molecule has 2 N–H and O–H groups in total. The topological polar surface area (TPSA) is 64.9 Å². The van der Waals surface area contributed by atoms with Crippen LogP contribution in [0.25, 0.3) is 11.5 Å². The summed E-state index contributed by atoms with van der Waals surface area (Å²) in [6.45, 7) is 1.80. The Labute approximate surface area is 90.1 Å². The van der Waals surface area contributed by atoms with Crippen molar-refractivity contribution >= 4 is 5.69 Å². The van der Waals surface area contributed by atoms with Crippen molar-refractivity contribution in [3.05, 3.63) is 29.7 Å². The van der Waals surface area contributed by atoms with E-state index < -0.39 is 11.6 Å². The SMILES string of the molecule is CCc1nnc(-c2c(F)ccc(N)c2F)o1. The Bertz CT molecular complexity index is 525. The lowest BCUT2D eigenvalue weighted by Crippen LogP contribution is -1.96. The van der Waals surface area contributed by atoms with Crippen LogP contribution in [-0.4, -0.2) is 10.2 Å². The fourth-order valence-electron chi connectivity index (χ4n) is 1.26. The van der Waals surface area contributed by atoms with E-state index in [-0.39, 0.29) is 17.1 Å². The summed E-state index contributed by atoms with van der Waals surface area (Å²) in [7, 11) is 0. The van der Waals surface area contributed by atoms with Crippen LogP contribution in [0.4, 0.5) is 14.5 Å². The number of halogens is 2. The molecule has 1 aromatic heterocycles. The van der Waals surface area contributed by atoms with E-state index in [1.54, 1.807) is 6.92 Å². The van der Waals surface area contributed by atoms with Gasteiger partial charge in [-0.15, -0.1) is 10.2 Å². The number of anilines is 1. The van der Waals surface area contributed by atoms with Gasteiger partial charge in [0.25, 0.3) is 5.89 Å². The van der Waals surface area contributed by atoms with Crippen LogP contribution in [0.15, 0.2) is 16.5 Å². The zero-order valence-electron chi connectivity index (χ0n) is 8.50. The maximum absolute atomic E-state index is 13.6. The average molecular weight is 225 g/mol. The van der Waals surface area contributed by atoms with Crippen LogP contribution in [0.2, 0.25) is 0 Å². The van der Waals surface area contributed by atoms with E-state index in [1.807, 2.05) is 0 Å². The molecular weight excluding hydrogens is 216 g/mol. The number of aromatic nitrogens is 2. The van der Waals surface area contributed by atoms with Gasteiger partial charge in [-0.05, 0) is 12.1 Å². The molecule has 16 heavy (non-hydrogen) atoms. The highest BCUT2D eigenvalue weighted by Crippen LogP contribution is 2.28. The number of hydrogen-bond acceptors (Lipinski definition) is 4. The van der Waals surface area contributed by atoms with Gasteiger partial charge in [-0.3, -0.25) is 0 Å². The van der Waals surface area contributed by atoms with Crippen LogP contribution in [0.5, 0.6) is 0 Å². The predicted octanol–water partition coefficient (Wildman–Crippen LogP) is 2.16. The molecule has 1 heterocycles. The summed E-state index contributed by atoms with van der Waals surface area (Å²) < 4.78 is 32.1. The lowest BCUT2D eigenvalue weighted by Gasteiger charge is -2.02. The summed E-state index contributed by atoms with van der Waals surface area (Å²) in [5.41, 5.74) is 4.79. The molecule has 6 heteroatoms. The highest BCUT2D eigenvalue weighted by atomic mass is 19.1. The van der Waals surface area contributed by atoms with Gasteiger partial charge in [-0.2, -0.15) is 0 Å². The molecule has 0 fully saturated rings. The number of nitrogens with two attached hydrogens (primary N) is 1. The van der Waals surface area contributed by atoms with E-state index in [0.29, 0.717) is 12.3 Å². The van der Waals surface area contributed by atoms with E-state index in [9.17, 15) is 8.78 Å². The summed E-state index contributed by atoms with van der Waals surface area (Å²) in [5.74, 6) is -1.54. The van der Waals surface area contributed by atoms with Crippen LogP contribution in [0.3, 0.4) is 0 Å². The predicted molar refractivity (Wildman–Crippen MR) is 53.4 cm³/mol. The molecule has 0 unspecified atom stereocenters. The minimum atomic E-state index is -0.883. The molecule has 2 aromatic rings. The van der Waals surface area contributed by atoms with Crippen molar-refractivity contribution in [1.29, 1.82) is 0 Å². The molecule has 0 saturated carbocycles. The van der Waals surface area contributed by atoms with Gasteiger partial charge in [-0.25, -0.2) is 8.78 Å². The lowest BCUT2D eigenvalue weighted by atomic mass is 10.1. The molecule has 0 aliphatic carbocycles. The molecular formula is C10H9F2N3O. The first kappa shape index (κ1) is 10.5. The van der Waals surface area contributed by atoms with Gasteiger partial charge in [-0.1, -0.05) is 6.92 Å². The van der Waals surface area contributed by atoms with E-state index >= 15 is 0 Å². The van der Waals surface area contributed by atoms with Crippen molar-refractivity contribution in [3.63, 3.8) is 0 Å². The van der Waals surface area contributed by atoms with Crippen molar-refractivity contribution in [1.82, 2.24) is 10.2 Å². The maximum Gasteiger partial charge on any atom is 0.253 e. The van der Waals surface area contributed by atoms with Gasteiger partial charge < -0.3 is 10.2 Å². The van der Waals surface area contributed by atoms with E-state index in [2.05, 4.69) is 10.2 Å². The Hall–Kier alpha value is -1.98. The number of nitrogens with zero attached hydrogens (tertiary/aromatic N) is 2. The zero-order chi connectivity index (χ0) is 11.7. The highest BCUT2D eigenvalue weighted by Gasteiger charge is 2.19. The number of rotatable bonds is 2. The minimum absolute atomic E-state index is 0.160. The van der Waals surface area contributed by atoms with E-state index in [4.69, 9.17) is 10.2 Å². The van der Waals surface area contributed by atoms with Crippen LogP contribution < -0.4 is 5.73 Å². The third-order valence-corrected chi connectivity index (χ3v) is 2.10. The first-order chi connectivity index (χ1) is 7.63. The molecule has 0 aliphatic heterocycles. The van der Waals surface area contributed by atoms with Gasteiger partial charge in [0.15, 0.2) is 5.82 Å². The van der Waals surface area contributed by atoms with Crippen molar-refractivity contribution in [2.45, 2.75) is 13.3 Å². The maximum atomic E-state index is 13.6. The molecule has 0 atom stereocenters. The molecule has 0 spiro atoms. The summed E-state index contributed by atoms with van der Waals surface area (Å²) >= 11 is 0. The molecule has 0 amide bonds. The molecule has 0 radical (unpaired) electrons. The zero-order valence-corrected chi connectivity index (χ0v) is 8.50. The summed E-state index contributed by atoms with van der Waals surface area (Å²) in [6.07, 6.45) is 0.499. The number of benzene rings is 1. The van der Waals surface area contributed by atoms with E-state index in [0.717, 1.165) is 12.1 Å². The van der Waals surface area contributed by atoms with Gasteiger partial charge in [0.05, 0.1) is 5.69 Å². The Morgan fingerprint density at radius 3 is 2.69 bits per heavy atom.